The van der Waals surface area contributed by atoms with Crippen LogP contribution in [0.4, 0.5) is 13.2 Å². The summed E-state index contributed by atoms with van der Waals surface area (Å²) in [6.07, 6.45) is -4.67. The van der Waals surface area contributed by atoms with Crippen molar-refractivity contribution in [2.75, 3.05) is 0 Å². The van der Waals surface area contributed by atoms with E-state index in [-0.39, 0.29) is 12.1 Å². The van der Waals surface area contributed by atoms with Gasteiger partial charge in [0.05, 0.1) is 16.0 Å². The monoisotopic (exact) mass is 435 g/mol. The Hall–Kier alpha value is -3.17. The van der Waals surface area contributed by atoms with E-state index in [9.17, 15) is 31.5 Å². The Kier molecular flexibility index (Phi) is 5.95. The quantitative estimate of drug-likeness (QED) is 0.595. The maximum Gasteiger partial charge on any atom is 0.416 e. The number of sulfonamides is 1. The van der Waals surface area contributed by atoms with Crippen LogP contribution in [0.5, 0.6) is 0 Å². The van der Waals surface area contributed by atoms with Crippen molar-refractivity contribution in [1.29, 1.82) is 0 Å². The molecule has 0 saturated carbocycles. The molecule has 0 aliphatic carbocycles. The van der Waals surface area contributed by atoms with Crippen molar-refractivity contribution < 1.29 is 31.5 Å². The number of halogens is 3. The highest BCUT2D eigenvalue weighted by Crippen LogP contribution is 2.31. The topological polar surface area (TPSA) is 83.5 Å². The van der Waals surface area contributed by atoms with Crippen molar-refractivity contribution in [3.8, 4) is 11.1 Å². The molecule has 5 nitrogen and oxygen atoms in total. The SMILES string of the molecule is O=C(O)c1ccccc1-c1ccccc1CNS(=O)(=O)c1cccc(C(F)(F)F)c1. The Morgan fingerprint density at radius 2 is 1.53 bits per heavy atom. The summed E-state index contributed by atoms with van der Waals surface area (Å²) in [7, 11) is -4.23. The fraction of sp³-hybridized carbons (Fsp3) is 0.0952. The number of hydrogen-bond acceptors (Lipinski definition) is 3. The number of nitrogens with one attached hydrogen (secondary N) is 1. The number of carbonyl (C=O) groups is 1. The zero-order chi connectivity index (χ0) is 21.9. The summed E-state index contributed by atoms with van der Waals surface area (Å²) in [6, 6.07) is 16.3. The van der Waals surface area contributed by atoms with Crippen LogP contribution in [-0.2, 0) is 22.7 Å². The first-order valence-electron chi connectivity index (χ1n) is 8.67. The van der Waals surface area contributed by atoms with Crippen LogP contribution in [0.1, 0.15) is 21.5 Å². The summed E-state index contributed by atoms with van der Waals surface area (Å²) in [5.74, 6) is -1.13. The first kappa shape index (κ1) is 21.5. The van der Waals surface area contributed by atoms with Crippen LogP contribution in [0.2, 0.25) is 0 Å². The lowest BCUT2D eigenvalue weighted by Gasteiger charge is -2.14. The molecule has 0 atom stereocenters. The average Bonchev–Trinajstić information content (AvgIpc) is 2.72. The van der Waals surface area contributed by atoms with E-state index in [2.05, 4.69) is 4.72 Å². The zero-order valence-corrected chi connectivity index (χ0v) is 16.2. The number of benzene rings is 3. The normalized spacial score (nSPS) is 12.0. The van der Waals surface area contributed by atoms with Gasteiger partial charge in [-0.15, -0.1) is 0 Å². The number of alkyl halides is 3. The van der Waals surface area contributed by atoms with Gasteiger partial charge in [-0.1, -0.05) is 48.5 Å². The van der Waals surface area contributed by atoms with Gasteiger partial charge in [0.15, 0.2) is 0 Å². The van der Waals surface area contributed by atoms with Gasteiger partial charge < -0.3 is 5.11 Å². The number of carboxylic acid groups (broad SMARTS) is 1. The highest BCUT2D eigenvalue weighted by atomic mass is 32.2. The molecule has 0 fully saturated rings. The lowest BCUT2D eigenvalue weighted by atomic mass is 9.95. The van der Waals surface area contributed by atoms with Gasteiger partial charge in [-0.25, -0.2) is 17.9 Å². The van der Waals surface area contributed by atoms with Crippen LogP contribution in [0.15, 0.2) is 77.7 Å². The molecule has 0 aliphatic heterocycles. The van der Waals surface area contributed by atoms with Gasteiger partial charge in [-0.05, 0) is 41.0 Å². The Morgan fingerprint density at radius 1 is 0.900 bits per heavy atom. The summed E-state index contributed by atoms with van der Waals surface area (Å²) in [6.45, 7) is -0.233. The van der Waals surface area contributed by atoms with E-state index in [1.807, 2.05) is 0 Å². The second-order valence-corrected chi connectivity index (χ2v) is 8.12. The molecular weight excluding hydrogens is 419 g/mol. The summed E-state index contributed by atoms with van der Waals surface area (Å²) in [5, 5.41) is 9.41. The van der Waals surface area contributed by atoms with E-state index < -0.39 is 32.6 Å². The molecule has 3 aromatic carbocycles. The van der Waals surface area contributed by atoms with Gasteiger partial charge in [0, 0.05) is 6.54 Å². The Bertz CT molecular complexity index is 1190. The van der Waals surface area contributed by atoms with E-state index in [4.69, 9.17) is 0 Å². The van der Waals surface area contributed by atoms with Crippen molar-refractivity contribution >= 4 is 16.0 Å². The van der Waals surface area contributed by atoms with Gasteiger partial charge in [0.1, 0.15) is 0 Å². The van der Waals surface area contributed by atoms with E-state index in [1.165, 1.54) is 6.07 Å². The molecule has 30 heavy (non-hydrogen) atoms. The van der Waals surface area contributed by atoms with Crippen molar-refractivity contribution in [1.82, 2.24) is 4.72 Å². The van der Waals surface area contributed by atoms with Crippen LogP contribution in [0, 0.1) is 0 Å². The third kappa shape index (κ3) is 4.69. The maximum absolute atomic E-state index is 12.9. The zero-order valence-electron chi connectivity index (χ0n) is 15.3. The summed E-state index contributed by atoms with van der Waals surface area (Å²) < 4.78 is 66.0. The molecule has 0 heterocycles. The highest BCUT2D eigenvalue weighted by molar-refractivity contribution is 7.89. The summed E-state index contributed by atoms with van der Waals surface area (Å²) in [4.78, 5) is 11.0. The second-order valence-electron chi connectivity index (χ2n) is 6.36. The van der Waals surface area contributed by atoms with E-state index in [0.29, 0.717) is 22.8 Å². The molecule has 0 spiro atoms. The predicted octanol–water partition coefficient (Wildman–Crippen LogP) is 4.55. The first-order valence-corrected chi connectivity index (χ1v) is 10.2. The molecule has 0 bridgehead atoms. The molecule has 9 heteroatoms. The molecule has 0 aliphatic rings. The fourth-order valence-electron chi connectivity index (χ4n) is 2.94. The minimum absolute atomic E-state index is 0.0469. The number of rotatable bonds is 6. The first-order chi connectivity index (χ1) is 14.1. The molecule has 0 amide bonds. The fourth-order valence-corrected chi connectivity index (χ4v) is 3.99. The van der Waals surface area contributed by atoms with Gasteiger partial charge >= 0.3 is 12.1 Å². The molecule has 0 aromatic heterocycles. The standard InChI is InChI=1S/C21H16F3NO4S/c22-21(23,24)15-7-5-8-16(12-15)30(28,29)25-13-14-6-1-2-9-17(14)18-10-3-4-11-19(18)20(26)27/h1-12,25H,13H2,(H,26,27). The molecule has 0 radical (unpaired) electrons. The Labute approximate surface area is 170 Å². The molecule has 3 rings (SSSR count). The highest BCUT2D eigenvalue weighted by Gasteiger charge is 2.31. The largest absolute Gasteiger partial charge is 0.478 e. The second kappa shape index (κ2) is 8.29. The van der Waals surface area contributed by atoms with E-state index in [0.717, 1.165) is 18.2 Å². The van der Waals surface area contributed by atoms with E-state index in [1.54, 1.807) is 42.5 Å². The lowest BCUT2D eigenvalue weighted by Crippen LogP contribution is -2.24. The summed E-state index contributed by atoms with van der Waals surface area (Å²) >= 11 is 0. The van der Waals surface area contributed by atoms with Gasteiger partial charge in [-0.3, -0.25) is 0 Å². The summed E-state index contributed by atoms with van der Waals surface area (Å²) in [5.41, 5.74) is 0.356. The van der Waals surface area contributed by atoms with Gasteiger partial charge in [0.25, 0.3) is 0 Å². The number of hydrogen-bond donors (Lipinski definition) is 2. The lowest BCUT2D eigenvalue weighted by molar-refractivity contribution is -0.137. The molecular formula is C21H16F3NO4S. The van der Waals surface area contributed by atoms with Crippen molar-refractivity contribution in [2.45, 2.75) is 17.6 Å². The van der Waals surface area contributed by atoms with Crippen LogP contribution in [0.25, 0.3) is 11.1 Å². The maximum atomic E-state index is 12.9. The third-order valence-corrected chi connectivity index (χ3v) is 5.79. The number of carboxylic acids is 1. The van der Waals surface area contributed by atoms with Crippen molar-refractivity contribution in [3.05, 3.63) is 89.5 Å². The minimum atomic E-state index is -4.67. The Morgan fingerprint density at radius 3 is 2.20 bits per heavy atom. The minimum Gasteiger partial charge on any atom is -0.478 e. The molecule has 2 N–H and O–H groups in total. The average molecular weight is 435 g/mol. The number of aromatic carboxylic acids is 1. The van der Waals surface area contributed by atoms with Crippen LogP contribution >= 0.6 is 0 Å². The molecule has 0 saturated heterocycles. The molecule has 3 aromatic rings. The van der Waals surface area contributed by atoms with Crippen LogP contribution in [0.3, 0.4) is 0 Å². The third-order valence-electron chi connectivity index (χ3n) is 4.39. The van der Waals surface area contributed by atoms with Crippen molar-refractivity contribution in [3.63, 3.8) is 0 Å². The van der Waals surface area contributed by atoms with Crippen molar-refractivity contribution in [2.24, 2.45) is 0 Å². The van der Waals surface area contributed by atoms with Crippen LogP contribution in [-0.4, -0.2) is 19.5 Å². The molecule has 0 unspecified atom stereocenters. The Balaban J connectivity index is 1.92. The predicted molar refractivity (Wildman–Crippen MR) is 104 cm³/mol. The van der Waals surface area contributed by atoms with Gasteiger partial charge in [-0.2, -0.15) is 13.2 Å². The molecule has 156 valence electrons. The smallest absolute Gasteiger partial charge is 0.416 e. The van der Waals surface area contributed by atoms with E-state index >= 15 is 0 Å². The van der Waals surface area contributed by atoms with Crippen LogP contribution < -0.4 is 4.72 Å². The van der Waals surface area contributed by atoms with Gasteiger partial charge in [0.2, 0.25) is 10.0 Å².